The molecule has 88 valence electrons. The Kier molecular flexibility index (Phi) is 2.81. The number of sulfonamides is 1. The lowest BCUT2D eigenvalue weighted by Gasteiger charge is -2.45. The summed E-state index contributed by atoms with van der Waals surface area (Å²) < 4.78 is 24.9. The highest BCUT2D eigenvalue weighted by molar-refractivity contribution is 7.89. The molecule has 0 aromatic carbocycles. The fourth-order valence-corrected chi connectivity index (χ4v) is 3.85. The van der Waals surface area contributed by atoms with Crippen LogP contribution in [0.1, 0.15) is 32.6 Å². The summed E-state index contributed by atoms with van der Waals surface area (Å²) in [6.45, 7) is 2.62. The summed E-state index contributed by atoms with van der Waals surface area (Å²) in [6.07, 6.45) is 3.71. The molecular formula is C10H19NO3S. The molecule has 5 heteroatoms. The minimum Gasteiger partial charge on any atom is -0.387 e. The fourth-order valence-electron chi connectivity index (χ4n) is 2.10. The lowest BCUT2D eigenvalue weighted by molar-refractivity contribution is -0.0764. The molecule has 0 aromatic rings. The van der Waals surface area contributed by atoms with E-state index in [-0.39, 0.29) is 5.75 Å². The molecule has 2 fully saturated rings. The fraction of sp³-hybridized carbons (Fsp3) is 1.00. The highest BCUT2D eigenvalue weighted by Gasteiger charge is 2.54. The van der Waals surface area contributed by atoms with E-state index in [1.54, 1.807) is 0 Å². The van der Waals surface area contributed by atoms with Gasteiger partial charge in [0.1, 0.15) is 0 Å². The van der Waals surface area contributed by atoms with E-state index in [0.29, 0.717) is 25.4 Å². The average Bonchev–Trinajstić information content (AvgIpc) is 2.92. The smallest absolute Gasteiger partial charge is 0.214 e. The second kappa shape index (κ2) is 3.71. The van der Waals surface area contributed by atoms with Gasteiger partial charge in [-0.15, -0.1) is 0 Å². The van der Waals surface area contributed by atoms with Gasteiger partial charge in [-0.05, 0) is 25.2 Å². The molecule has 1 N–H and O–H groups in total. The number of nitrogens with zero attached hydrogens (tertiary/aromatic N) is 1. The van der Waals surface area contributed by atoms with E-state index >= 15 is 0 Å². The van der Waals surface area contributed by atoms with Gasteiger partial charge in [-0.1, -0.05) is 13.3 Å². The Balaban J connectivity index is 1.87. The predicted octanol–water partition coefficient (Wildman–Crippen LogP) is 0.573. The van der Waals surface area contributed by atoms with Gasteiger partial charge in [0.25, 0.3) is 0 Å². The molecule has 0 atom stereocenters. The second-order valence-corrected chi connectivity index (χ2v) is 6.90. The third kappa shape index (κ3) is 2.19. The summed E-state index contributed by atoms with van der Waals surface area (Å²) in [4.78, 5) is 0. The predicted molar refractivity (Wildman–Crippen MR) is 57.9 cm³/mol. The van der Waals surface area contributed by atoms with Crippen molar-refractivity contribution in [2.75, 3.05) is 18.8 Å². The Bertz CT molecular complexity index is 329. The Morgan fingerprint density at radius 3 is 2.47 bits per heavy atom. The molecule has 0 aromatic heterocycles. The molecule has 2 rings (SSSR count). The zero-order valence-corrected chi connectivity index (χ0v) is 9.96. The van der Waals surface area contributed by atoms with Gasteiger partial charge in [0, 0.05) is 13.1 Å². The Labute approximate surface area is 91.3 Å². The summed E-state index contributed by atoms with van der Waals surface area (Å²) in [5.41, 5.74) is -0.695. The highest BCUT2D eigenvalue weighted by atomic mass is 32.2. The molecule has 0 radical (unpaired) electrons. The van der Waals surface area contributed by atoms with Crippen LogP contribution in [-0.4, -0.2) is 42.3 Å². The van der Waals surface area contributed by atoms with Gasteiger partial charge >= 0.3 is 0 Å². The monoisotopic (exact) mass is 233 g/mol. The Hall–Kier alpha value is -0.130. The molecule has 15 heavy (non-hydrogen) atoms. The summed E-state index contributed by atoms with van der Waals surface area (Å²) in [5.74, 6) is 0.583. The van der Waals surface area contributed by atoms with Crippen molar-refractivity contribution in [1.29, 1.82) is 0 Å². The van der Waals surface area contributed by atoms with Crippen LogP contribution >= 0.6 is 0 Å². The van der Waals surface area contributed by atoms with Crippen molar-refractivity contribution in [1.82, 2.24) is 4.31 Å². The van der Waals surface area contributed by atoms with Crippen LogP contribution in [0.2, 0.25) is 0 Å². The van der Waals surface area contributed by atoms with E-state index in [0.717, 1.165) is 19.3 Å². The minimum absolute atomic E-state index is 0.226. The quantitative estimate of drug-likeness (QED) is 0.755. The van der Waals surface area contributed by atoms with E-state index in [9.17, 15) is 13.5 Å². The van der Waals surface area contributed by atoms with Crippen LogP contribution in [0.25, 0.3) is 0 Å². The third-order valence-corrected chi connectivity index (χ3v) is 5.24. The molecule has 0 amide bonds. The standard InChI is InChI=1S/C10H19NO3S/c1-2-3-6-15(13,14)11-7-10(12,8-11)9-4-5-9/h9,12H,2-8H2,1H3. The lowest BCUT2D eigenvalue weighted by atomic mass is 9.91. The molecule has 1 saturated carbocycles. The van der Waals surface area contributed by atoms with E-state index in [1.165, 1.54) is 4.31 Å². The van der Waals surface area contributed by atoms with Gasteiger partial charge in [-0.2, -0.15) is 4.31 Å². The first-order valence-electron chi connectivity index (χ1n) is 5.68. The maximum Gasteiger partial charge on any atom is 0.214 e. The van der Waals surface area contributed by atoms with Crippen molar-refractivity contribution in [3.63, 3.8) is 0 Å². The van der Waals surface area contributed by atoms with E-state index < -0.39 is 15.6 Å². The summed E-state index contributed by atoms with van der Waals surface area (Å²) in [7, 11) is -3.09. The molecule has 1 heterocycles. The van der Waals surface area contributed by atoms with Crippen molar-refractivity contribution in [2.24, 2.45) is 5.92 Å². The Morgan fingerprint density at radius 2 is 2.00 bits per heavy atom. The maximum atomic E-state index is 11.7. The molecule has 2 aliphatic rings. The number of unbranched alkanes of at least 4 members (excludes halogenated alkanes) is 1. The van der Waals surface area contributed by atoms with Crippen LogP contribution in [0.5, 0.6) is 0 Å². The molecule has 1 saturated heterocycles. The molecule has 0 unspecified atom stereocenters. The van der Waals surface area contributed by atoms with Crippen LogP contribution in [0.15, 0.2) is 0 Å². The van der Waals surface area contributed by atoms with Crippen LogP contribution in [-0.2, 0) is 10.0 Å². The van der Waals surface area contributed by atoms with E-state index in [2.05, 4.69) is 0 Å². The lowest BCUT2D eigenvalue weighted by Crippen LogP contribution is -2.64. The zero-order valence-electron chi connectivity index (χ0n) is 9.15. The van der Waals surface area contributed by atoms with Crippen molar-refractivity contribution < 1.29 is 13.5 Å². The number of rotatable bonds is 5. The topological polar surface area (TPSA) is 57.6 Å². The SMILES string of the molecule is CCCCS(=O)(=O)N1CC(O)(C2CC2)C1. The normalized spacial score (nSPS) is 26.3. The minimum atomic E-state index is -3.09. The maximum absolute atomic E-state index is 11.7. The Morgan fingerprint density at radius 1 is 1.40 bits per heavy atom. The van der Waals surface area contributed by atoms with Crippen molar-refractivity contribution in [3.8, 4) is 0 Å². The largest absolute Gasteiger partial charge is 0.387 e. The highest BCUT2D eigenvalue weighted by Crippen LogP contribution is 2.45. The van der Waals surface area contributed by atoms with Gasteiger partial charge in [-0.3, -0.25) is 0 Å². The number of hydrogen-bond donors (Lipinski definition) is 1. The van der Waals surface area contributed by atoms with Gasteiger partial charge in [0.05, 0.1) is 11.4 Å². The van der Waals surface area contributed by atoms with Crippen LogP contribution < -0.4 is 0 Å². The third-order valence-electron chi connectivity index (χ3n) is 3.39. The molecule has 1 aliphatic carbocycles. The molecule has 4 nitrogen and oxygen atoms in total. The number of β-amino-alcohol motifs (C(OH)–C–C–N with tert-alkyl or cyclic N) is 1. The first-order chi connectivity index (χ1) is 6.98. The van der Waals surface area contributed by atoms with Gasteiger partial charge in [-0.25, -0.2) is 8.42 Å². The second-order valence-electron chi connectivity index (χ2n) is 4.82. The van der Waals surface area contributed by atoms with Crippen molar-refractivity contribution in [2.45, 2.75) is 38.2 Å². The summed E-state index contributed by atoms with van der Waals surface area (Å²) in [6, 6.07) is 0. The first-order valence-corrected chi connectivity index (χ1v) is 7.29. The zero-order chi connectivity index (χ0) is 11.1. The average molecular weight is 233 g/mol. The van der Waals surface area contributed by atoms with Crippen molar-refractivity contribution in [3.05, 3.63) is 0 Å². The first kappa shape index (κ1) is 11.4. The summed E-state index contributed by atoms with van der Waals surface area (Å²) >= 11 is 0. The van der Waals surface area contributed by atoms with Gasteiger partial charge in [0.15, 0.2) is 0 Å². The van der Waals surface area contributed by atoms with Crippen molar-refractivity contribution >= 4 is 10.0 Å². The molecule has 0 bridgehead atoms. The van der Waals surface area contributed by atoms with Gasteiger partial charge in [0.2, 0.25) is 10.0 Å². The van der Waals surface area contributed by atoms with Crippen LogP contribution in [0.3, 0.4) is 0 Å². The van der Waals surface area contributed by atoms with E-state index in [1.807, 2.05) is 6.92 Å². The number of hydrogen-bond acceptors (Lipinski definition) is 3. The molecular weight excluding hydrogens is 214 g/mol. The summed E-state index contributed by atoms with van der Waals surface area (Å²) in [5, 5.41) is 10.0. The van der Waals surface area contributed by atoms with E-state index in [4.69, 9.17) is 0 Å². The number of aliphatic hydroxyl groups is 1. The van der Waals surface area contributed by atoms with Gasteiger partial charge < -0.3 is 5.11 Å². The molecule has 0 spiro atoms. The van der Waals surface area contributed by atoms with Crippen LogP contribution in [0.4, 0.5) is 0 Å². The molecule has 1 aliphatic heterocycles. The van der Waals surface area contributed by atoms with Crippen LogP contribution in [0, 0.1) is 5.92 Å².